The average molecular weight is 339 g/mol. The molecule has 0 aliphatic carbocycles. The zero-order valence-corrected chi connectivity index (χ0v) is 13.4. The van der Waals surface area contributed by atoms with E-state index in [2.05, 4.69) is 9.93 Å². The van der Waals surface area contributed by atoms with Gasteiger partial charge in [-0.3, -0.25) is 0 Å². The second-order valence-corrected chi connectivity index (χ2v) is 6.83. The lowest BCUT2D eigenvalue weighted by molar-refractivity contribution is 0.474. The number of hydrazone groups is 1. The standard InChI is InChI=1S/C15H15ClN2O3S/c1-11(14-9-13(16)7-8-15(14)19)17-18-22(20,21)10-12-5-3-2-4-6-12/h2-9,18-19H,10H2,1H3/b17-11+. The van der Waals surface area contributed by atoms with Crippen LogP contribution in [0.1, 0.15) is 18.1 Å². The Morgan fingerprint density at radius 3 is 2.59 bits per heavy atom. The van der Waals surface area contributed by atoms with Crippen LogP contribution in [0.5, 0.6) is 5.75 Å². The van der Waals surface area contributed by atoms with Crippen LogP contribution in [0.2, 0.25) is 5.02 Å². The van der Waals surface area contributed by atoms with Crippen LogP contribution in [0.4, 0.5) is 0 Å². The van der Waals surface area contributed by atoms with Crippen LogP contribution in [-0.2, 0) is 15.8 Å². The largest absolute Gasteiger partial charge is 0.507 e. The SMILES string of the molecule is C/C(=N\NS(=O)(=O)Cc1ccccc1)c1cc(Cl)ccc1O. The number of sulfonamides is 1. The molecule has 0 aliphatic rings. The van der Waals surface area contributed by atoms with Crippen molar-refractivity contribution in [1.29, 1.82) is 0 Å². The van der Waals surface area contributed by atoms with E-state index in [0.29, 0.717) is 21.9 Å². The summed E-state index contributed by atoms with van der Waals surface area (Å²) >= 11 is 5.85. The van der Waals surface area contributed by atoms with Crippen LogP contribution in [0, 0.1) is 0 Å². The van der Waals surface area contributed by atoms with E-state index >= 15 is 0 Å². The molecule has 0 amide bonds. The van der Waals surface area contributed by atoms with E-state index in [1.165, 1.54) is 18.2 Å². The number of aromatic hydroxyl groups is 1. The lowest BCUT2D eigenvalue weighted by Gasteiger charge is -2.07. The number of halogens is 1. The maximum Gasteiger partial charge on any atom is 0.251 e. The number of rotatable bonds is 5. The van der Waals surface area contributed by atoms with Gasteiger partial charge in [0.1, 0.15) is 5.75 Å². The second-order valence-electron chi connectivity index (χ2n) is 4.69. The van der Waals surface area contributed by atoms with Gasteiger partial charge in [-0.2, -0.15) is 5.10 Å². The van der Waals surface area contributed by atoms with E-state index < -0.39 is 10.0 Å². The molecule has 0 aliphatic heterocycles. The fourth-order valence-corrected chi connectivity index (χ4v) is 2.97. The summed E-state index contributed by atoms with van der Waals surface area (Å²) in [6.07, 6.45) is 0. The van der Waals surface area contributed by atoms with Gasteiger partial charge in [0.05, 0.1) is 11.5 Å². The molecule has 116 valence electrons. The summed E-state index contributed by atoms with van der Waals surface area (Å²) in [6, 6.07) is 13.3. The lowest BCUT2D eigenvalue weighted by atomic mass is 10.1. The Morgan fingerprint density at radius 1 is 1.23 bits per heavy atom. The van der Waals surface area contributed by atoms with Crippen molar-refractivity contribution in [2.45, 2.75) is 12.7 Å². The Labute approximate surface area is 134 Å². The Hall–Kier alpha value is -2.05. The number of benzene rings is 2. The maximum absolute atomic E-state index is 12.0. The third-order valence-corrected chi connectivity index (χ3v) is 4.22. The molecule has 0 saturated heterocycles. The van der Waals surface area contributed by atoms with Crippen molar-refractivity contribution in [2.75, 3.05) is 0 Å². The molecule has 0 spiro atoms. The third kappa shape index (κ3) is 4.47. The van der Waals surface area contributed by atoms with Gasteiger partial charge in [-0.1, -0.05) is 41.9 Å². The fourth-order valence-electron chi connectivity index (χ4n) is 1.82. The highest BCUT2D eigenvalue weighted by Crippen LogP contribution is 2.22. The molecule has 0 saturated carbocycles. The Balaban J connectivity index is 2.14. The predicted octanol–water partition coefficient (Wildman–Crippen LogP) is 2.89. The van der Waals surface area contributed by atoms with Crippen molar-refractivity contribution < 1.29 is 13.5 Å². The molecule has 0 aromatic heterocycles. The molecule has 2 N–H and O–H groups in total. The molecule has 0 radical (unpaired) electrons. The summed E-state index contributed by atoms with van der Waals surface area (Å²) in [5, 5.41) is 14.0. The molecule has 22 heavy (non-hydrogen) atoms. The monoisotopic (exact) mass is 338 g/mol. The lowest BCUT2D eigenvalue weighted by Crippen LogP contribution is -2.21. The smallest absolute Gasteiger partial charge is 0.251 e. The Morgan fingerprint density at radius 2 is 1.91 bits per heavy atom. The molecule has 7 heteroatoms. The van der Waals surface area contributed by atoms with Gasteiger partial charge in [-0.05, 0) is 30.7 Å². The normalized spacial score (nSPS) is 12.2. The minimum atomic E-state index is -3.61. The molecule has 0 fully saturated rings. The molecular weight excluding hydrogens is 324 g/mol. The van der Waals surface area contributed by atoms with Gasteiger partial charge in [0.25, 0.3) is 10.0 Å². The number of nitrogens with one attached hydrogen (secondary N) is 1. The first-order chi connectivity index (χ1) is 10.4. The molecule has 0 unspecified atom stereocenters. The number of nitrogens with zero attached hydrogens (tertiary/aromatic N) is 1. The average Bonchev–Trinajstić information content (AvgIpc) is 2.48. The van der Waals surface area contributed by atoms with Crippen molar-refractivity contribution in [2.24, 2.45) is 5.10 Å². The van der Waals surface area contributed by atoms with Crippen molar-refractivity contribution in [3.63, 3.8) is 0 Å². The summed E-state index contributed by atoms with van der Waals surface area (Å²) in [5.74, 6) is -0.195. The molecule has 0 heterocycles. The summed E-state index contributed by atoms with van der Waals surface area (Å²) in [7, 11) is -3.61. The van der Waals surface area contributed by atoms with Crippen molar-refractivity contribution >= 4 is 27.3 Å². The van der Waals surface area contributed by atoms with E-state index in [9.17, 15) is 13.5 Å². The number of phenols is 1. The first-order valence-electron chi connectivity index (χ1n) is 6.44. The van der Waals surface area contributed by atoms with Crippen LogP contribution < -0.4 is 4.83 Å². The zero-order valence-electron chi connectivity index (χ0n) is 11.8. The minimum Gasteiger partial charge on any atom is -0.507 e. The number of hydrogen-bond acceptors (Lipinski definition) is 4. The second kappa shape index (κ2) is 6.81. The van der Waals surface area contributed by atoms with Gasteiger partial charge < -0.3 is 5.11 Å². The Bertz CT molecular complexity index is 790. The first-order valence-corrected chi connectivity index (χ1v) is 8.47. The quantitative estimate of drug-likeness (QED) is 0.650. The highest BCUT2D eigenvalue weighted by Gasteiger charge is 2.11. The van der Waals surface area contributed by atoms with Crippen LogP contribution >= 0.6 is 11.6 Å². The molecule has 0 atom stereocenters. The summed E-state index contributed by atoms with van der Waals surface area (Å²) in [5.41, 5.74) is 1.35. The van der Waals surface area contributed by atoms with Gasteiger partial charge in [-0.25, -0.2) is 13.2 Å². The summed E-state index contributed by atoms with van der Waals surface area (Å²) in [6.45, 7) is 1.58. The first kappa shape index (κ1) is 16.3. The third-order valence-electron chi connectivity index (χ3n) is 2.90. The zero-order chi connectivity index (χ0) is 16.2. The molecule has 2 aromatic rings. The molecule has 2 rings (SSSR count). The Kier molecular flexibility index (Phi) is 5.05. The van der Waals surface area contributed by atoms with E-state index in [4.69, 9.17) is 11.6 Å². The molecule has 5 nitrogen and oxygen atoms in total. The van der Waals surface area contributed by atoms with Gasteiger partial charge in [-0.15, -0.1) is 0 Å². The highest BCUT2D eigenvalue weighted by atomic mass is 35.5. The van der Waals surface area contributed by atoms with Gasteiger partial charge in [0.15, 0.2) is 0 Å². The highest BCUT2D eigenvalue weighted by molar-refractivity contribution is 7.88. The van der Waals surface area contributed by atoms with Crippen LogP contribution in [0.25, 0.3) is 0 Å². The van der Waals surface area contributed by atoms with Gasteiger partial charge >= 0.3 is 0 Å². The molecular formula is C15H15ClN2O3S. The van der Waals surface area contributed by atoms with Crippen LogP contribution in [0.15, 0.2) is 53.6 Å². The minimum absolute atomic E-state index is 0.0205. The van der Waals surface area contributed by atoms with Crippen LogP contribution in [-0.4, -0.2) is 19.2 Å². The predicted molar refractivity (Wildman–Crippen MR) is 87.5 cm³/mol. The summed E-state index contributed by atoms with van der Waals surface area (Å²) in [4.78, 5) is 2.16. The number of hydrogen-bond donors (Lipinski definition) is 2. The van der Waals surface area contributed by atoms with E-state index in [1.807, 2.05) is 6.07 Å². The summed E-state index contributed by atoms with van der Waals surface area (Å²) < 4.78 is 24.0. The molecule has 2 aromatic carbocycles. The van der Waals surface area contributed by atoms with E-state index in [0.717, 1.165) is 0 Å². The van der Waals surface area contributed by atoms with Crippen LogP contribution in [0.3, 0.4) is 0 Å². The molecule has 0 bridgehead atoms. The maximum atomic E-state index is 12.0. The van der Waals surface area contributed by atoms with Crippen molar-refractivity contribution in [1.82, 2.24) is 4.83 Å². The number of phenolic OH excluding ortho intramolecular Hbond substituents is 1. The van der Waals surface area contributed by atoms with E-state index in [-0.39, 0.29) is 11.5 Å². The van der Waals surface area contributed by atoms with Gasteiger partial charge in [0, 0.05) is 10.6 Å². The van der Waals surface area contributed by atoms with Crippen molar-refractivity contribution in [3.8, 4) is 5.75 Å². The fraction of sp³-hybridized carbons (Fsp3) is 0.133. The van der Waals surface area contributed by atoms with E-state index in [1.54, 1.807) is 31.2 Å². The van der Waals surface area contributed by atoms with Crippen molar-refractivity contribution in [3.05, 3.63) is 64.7 Å². The topological polar surface area (TPSA) is 78.8 Å². The van der Waals surface area contributed by atoms with Gasteiger partial charge in [0.2, 0.25) is 0 Å².